The van der Waals surface area contributed by atoms with Gasteiger partial charge in [-0.3, -0.25) is 10.1 Å². The lowest BCUT2D eigenvalue weighted by molar-refractivity contribution is -0.128. The van der Waals surface area contributed by atoms with Crippen LogP contribution in [0.15, 0.2) is 18.2 Å². The molecule has 0 bridgehead atoms. The second kappa shape index (κ2) is 6.80. The van der Waals surface area contributed by atoms with Gasteiger partial charge in [0.15, 0.2) is 0 Å². The molecule has 1 aromatic rings. The normalized spacial score (nSPS) is 33.6. The summed E-state index contributed by atoms with van der Waals surface area (Å²) in [5.74, 6) is 0.595. The smallest absolute Gasteiger partial charge is 0.322 e. The summed E-state index contributed by atoms with van der Waals surface area (Å²) in [7, 11) is 1.67. The second-order valence-corrected chi connectivity index (χ2v) is 8.04. The number of aliphatic hydroxyl groups is 1. The molecule has 1 saturated heterocycles. The van der Waals surface area contributed by atoms with Gasteiger partial charge in [0, 0.05) is 6.04 Å². The van der Waals surface area contributed by atoms with E-state index in [0.717, 1.165) is 31.6 Å². The lowest BCUT2D eigenvalue weighted by atomic mass is 9.69. The first kappa shape index (κ1) is 18.3. The first-order valence-corrected chi connectivity index (χ1v) is 9.69. The molecule has 2 heterocycles. The molecule has 0 unspecified atom stereocenters. The summed E-state index contributed by atoms with van der Waals surface area (Å²) in [6.45, 7) is 0.839. The Morgan fingerprint density at radius 3 is 2.59 bits per heavy atom. The Hall–Kier alpha value is -2.12. The van der Waals surface area contributed by atoms with Crippen molar-refractivity contribution in [1.29, 1.82) is 0 Å². The largest absolute Gasteiger partial charge is 0.497 e. The molecule has 0 radical (unpaired) electrons. The summed E-state index contributed by atoms with van der Waals surface area (Å²) in [5, 5.41) is 20.0. The summed E-state index contributed by atoms with van der Waals surface area (Å²) < 4.78 is 5.35. The van der Waals surface area contributed by atoms with Crippen molar-refractivity contribution < 1.29 is 19.4 Å². The van der Waals surface area contributed by atoms with Gasteiger partial charge in [0.2, 0.25) is 0 Å². The van der Waals surface area contributed by atoms with E-state index in [1.807, 2.05) is 6.07 Å². The molecule has 1 atom stereocenters. The van der Waals surface area contributed by atoms with E-state index in [-0.39, 0.29) is 11.9 Å². The number of aryl methyl sites for hydroxylation is 1. The van der Waals surface area contributed by atoms with E-state index < -0.39 is 17.2 Å². The average molecular weight is 373 g/mol. The van der Waals surface area contributed by atoms with Crippen molar-refractivity contribution in [2.75, 3.05) is 13.7 Å². The van der Waals surface area contributed by atoms with Gasteiger partial charge in [0.05, 0.1) is 12.7 Å². The van der Waals surface area contributed by atoms with E-state index in [1.54, 1.807) is 7.11 Å². The Balaban J connectivity index is 1.52. The van der Waals surface area contributed by atoms with Crippen molar-refractivity contribution in [3.05, 3.63) is 29.3 Å². The summed E-state index contributed by atoms with van der Waals surface area (Å²) in [4.78, 5) is 23.7. The molecule has 1 spiro atoms. The molecule has 27 heavy (non-hydrogen) atoms. The standard InChI is InChI=1S/C20H27N3O4/c1-27-15-5-4-14-12-16(21-10-2-3-13(14)11-15)20(26)8-6-19(7-9-20)17(24)22-18(25)23-19/h4-5,11,16,21,26H,2-3,6-10,12H2,1H3,(H2,22,23,24,25)/t16-,19?,20?/m1/s1. The number of urea groups is 1. The molecule has 1 aromatic carbocycles. The van der Waals surface area contributed by atoms with Gasteiger partial charge in [0.1, 0.15) is 11.3 Å². The Morgan fingerprint density at radius 1 is 1.15 bits per heavy atom. The zero-order valence-corrected chi connectivity index (χ0v) is 15.6. The van der Waals surface area contributed by atoms with Gasteiger partial charge in [-0.1, -0.05) is 6.07 Å². The number of methoxy groups -OCH3 is 1. The molecule has 146 valence electrons. The van der Waals surface area contributed by atoms with E-state index >= 15 is 0 Å². The van der Waals surface area contributed by atoms with Crippen molar-refractivity contribution in [3.63, 3.8) is 0 Å². The van der Waals surface area contributed by atoms with Gasteiger partial charge in [-0.25, -0.2) is 4.79 Å². The van der Waals surface area contributed by atoms with E-state index in [9.17, 15) is 14.7 Å². The van der Waals surface area contributed by atoms with Gasteiger partial charge in [-0.2, -0.15) is 0 Å². The SMILES string of the molecule is COc1ccc2c(c1)CCCN[C@@H](C1(O)CCC3(CC1)NC(=O)NC3=O)C2. The number of carbonyl (C=O) groups excluding carboxylic acids is 2. The third-order valence-corrected chi connectivity index (χ3v) is 6.48. The molecule has 7 heteroatoms. The lowest BCUT2D eigenvalue weighted by Gasteiger charge is -2.45. The Morgan fingerprint density at radius 2 is 1.93 bits per heavy atom. The third-order valence-electron chi connectivity index (χ3n) is 6.48. The second-order valence-electron chi connectivity index (χ2n) is 8.04. The fourth-order valence-corrected chi connectivity index (χ4v) is 4.73. The minimum absolute atomic E-state index is 0.0811. The quantitative estimate of drug-likeness (QED) is 0.580. The molecule has 1 aliphatic carbocycles. The Bertz CT molecular complexity index is 756. The van der Waals surface area contributed by atoms with Crippen molar-refractivity contribution in [2.24, 2.45) is 0 Å². The maximum absolute atomic E-state index is 12.2. The van der Waals surface area contributed by atoms with Gasteiger partial charge in [-0.05, 0) is 74.8 Å². The topological polar surface area (TPSA) is 99.7 Å². The molecule has 1 saturated carbocycles. The van der Waals surface area contributed by atoms with Crippen molar-refractivity contribution >= 4 is 11.9 Å². The average Bonchev–Trinajstić information content (AvgIpc) is 2.91. The van der Waals surface area contributed by atoms with Crippen LogP contribution < -0.4 is 20.7 Å². The highest BCUT2D eigenvalue weighted by Gasteiger charge is 2.53. The van der Waals surface area contributed by atoms with Gasteiger partial charge in [0.25, 0.3) is 5.91 Å². The number of amides is 3. The number of nitrogens with one attached hydrogen (secondary N) is 3. The van der Waals surface area contributed by atoms with E-state index in [1.165, 1.54) is 11.1 Å². The maximum Gasteiger partial charge on any atom is 0.322 e. The molecular weight excluding hydrogens is 346 g/mol. The molecule has 2 aliphatic heterocycles. The molecule has 0 aromatic heterocycles. The number of fused-ring (bicyclic) bond motifs is 1. The molecule has 3 aliphatic rings. The number of rotatable bonds is 2. The maximum atomic E-state index is 12.2. The molecule has 2 fully saturated rings. The van der Waals surface area contributed by atoms with Crippen LogP contribution in [-0.2, 0) is 17.6 Å². The first-order valence-electron chi connectivity index (χ1n) is 9.69. The predicted molar refractivity (Wildman–Crippen MR) is 99.6 cm³/mol. The summed E-state index contributed by atoms with van der Waals surface area (Å²) in [6.07, 6.45) is 4.58. The van der Waals surface area contributed by atoms with Crippen LogP contribution in [0.2, 0.25) is 0 Å². The van der Waals surface area contributed by atoms with Crippen molar-refractivity contribution in [1.82, 2.24) is 16.0 Å². The minimum Gasteiger partial charge on any atom is -0.497 e. The first-order chi connectivity index (χ1) is 12.9. The highest BCUT2D eigenvalue weighted by Crippen LogP contribution is 2.39. The molecule has 4 N–H and O–H groups in total. The van der Waals surface area contributed by atoms with Gasteiger partial charge < -0.3 is 20.5 Å². The summed E-state index contributed by atoms with van der Waals surface area (Å²) in [6, 6.07) is 5.64. The number of hydrogen-bond acceptors (Lipinski definition) is 5. The van der Waals surface area contributed by atoms with Crippen LogP contribution in [0, 0.1) is 0 Å². The Kier molecular flexibility index (Phi) is 4.60. The number of imide groups is 1. The minimum atomic E-state index is -0.895. The fourth-order valence-electron chi connectivity index (χ4n) is 4.73. The van der Waals surface area contributed by atoms with Crippen molar-refractivity contribution in [3.8, 4) is 5.75 Å². The highest BCUT2D eigenvalue weighted by molar-refractivity contribution is 6.07. The highest BCUT2D eigenvalue weighted by atomic mass is 16.5. The van der Waals surface area contributed by atoms with Crippen LogP contribution in [0.4, 0.5) is 4.79 Å². The number of hydrogen-bond donors (Lipinski definition) is 4. The molecule has 3 amide bonds. The van der Waals surface area contributed by atoms with Crippen LogP contribution in [0.3, 0.4) is 0 Å². The van der Waals surface area contributed by atoms with E-state index in [4.69, 9.17) is 4.74 Å². The Labute approximate surface area is 158 Å². The van der Waals surface area contributed by atoms with E-state index in [0.29, 0.717) is 25.7 Å². The van der Waals surface area contributed by atoms with Gasteiger partial charge in [-0.15, -0.1) is 0 Å². The number of carbonyl (C=O) groups is 2. The zero-order chi connectivity index (χ0) is 19.1. The monoisotopic (exact) mass is 373 g/mol. The summed E-state index contributed by atoms with van der Waals surface area (Å²) >= 11 is 0. The molecule has 4 rings (SSSR count). The van der Waals surface area contributed by atoms with Crippen molar-refractivity contribution in [2.45, 2.75) is 62.1 Å². The third kappa shape index (κ3) is 3.30. The van der Waals surface area contributed by atoms with Crippen LogP contribution in [0.5, 0.6) is 5.75 Å². The lowest BCUT2D eigenvalue weighted by Crippen LogP contribution is -2.60. The van der Waals surface area contributed by atoms with Gasteiger partial charge >= 0.3 is 6.03 Å². The predicted octanol–water partition coefficient (Wildman–Crippen LogP) is 1.03. The summed E-state index contributed by atoms with van der Waals surface area (Å²) in [5.41, 5.74) is 0.761. The van der Waals surface area contributed by atoms with E-state index in [2.05, 4.69) is 28.1 Å². The molecule has 7 nitrogen and oxygen atoms in total. The van der Waals surface area contributed by atoms with Crippen LogP contribution in [0.25, 0.3) is 0 Å². The van der Waals surface area contributed by atoms with Crippen LogP contribution in [0.1, 0.15) is 43.2 Å². The number of benzene rings is 1. The zero-order valence-electron chi connectivity index (χ0n) is 15.6. The van der Waals surface area contributed by atoms with Crippen LogP contribution >= 0.6 is 0 Å². The number of ether oxygens (including phenoxy) is 1. The van der Waals surface area contributed by atoms with Crippen LogP contribution in [-0.4, -0.2) is 47.9 Å². The molecular formula is C20H27N3O4. The fraction of sp³-hybridized carbons (Fsp3) is 0.600.